The molecule has 0 spiro atoms. The van der Waals surface area contributed by atoms with Crippen molar-refractivity contribution >= 4 is 0 Å². The van der Waals surface area contributed by atoms with Crippen molar-refractivity contribution in [2.24, 2.45) is 0 Å². The molecule has 1 aromatic rings. The Morgan fingerprint density at radius 2 is 2.12 bits per heavy atom. The first-order valence-electron chi connectivity index (χ1n) is 5.96. The molecule has 0 amide bonds. The van der Waals surface area contributed by atoms with Crippen LogP contribution in [0.25, 0.3) is 0 Å². The zero-order chi connectivity index (χ0) is 11.5. The Hall–Kier alpha value is -1.33. The van der Waals surface area contributed by atoms with Crippen molar-refractivity contribution in [3.8, 4) is 6.07 Å². The molecule has 1 aliphatic rings. The van der Waals surface area contributed by atoms with E-state index in [0.717, 1.165) is 11.5 Å². The molecular weight excluding hydrogens is 196 g/mol. The van der Waals surface area contributed by atoms with Crippen LogP contribution in [0.5, 0.6) is 0 Å². The van der Waals surface area contributed by atoms with Gasteiger partial charge in [0.05, 0.1) is 6.07 Å². The summed E-state index contributed by atoms with van der Waals surface area (Å²) in [6.45, 7) is 4.13. The standard InChI is InChI=1S/C14H18N2/c1-10(2)16-14(9-15)13-5-3-4-12(8-13)11-6-7-11/h3-5,8,10-11,14,16H,6-7H2,1-2H3. The van der Waals surface area contributed by atoms with Crippen LogP contribution < -0.4 is 5.32 Å². The fourth-order valence-corrected chi connectivity index (χ4v) is 1.95. The number of benzene rings is 1. The second kappa shape index (κ2) is 4.67. The van der Waals surface area contributed by atoms with E-state index < -0.39 is 0 Å². The van der Waals surface area contributed by atoms with Crippen molar-refractivity contribution in [3.63, 3.8) is 0 Å². The predicted octanol–water partition coefficient (Wildman–Crippen LogP) is 3.13. The van der Waals surface area contributed by atoms with E-state index in [-0.39, 0.29) is 6.04 Å². The number of nitrogens with zero attached hydrogens (tertiary/aromatic N) is 1. The Morgan fingerprint density at radius 3 is 2.69 bits per heavy atom. The first kappa shape index (κ1) is 11.2. The van der Waals surface area contributed by atoms with Crippen molar-refractivity contribution in [3.05, 3.63) is 35.4 Å². The molecule has 1 fully saturated rings. The van der Waals surface area contributed by atoms with Gasteiger partial charge < -0.3 is 0 Å². The van der Waals surface area contributed by atoms with E-state index >= 15 is 0 Å². The number of nitrogens with one attached hydrogen (secondary N) is 1. The lowest BCUT2D eigenvalue weighted by Gasteiger charge is -2.15. The second-order valence-corrected chi connectivity index (χ2v) is 4.83. The lowest BCUT2D eigenvalue weighted by molar-refractivity contribution is 0.546. The minimum atomic E-state index is -0.182. The van der Waals surface area contributed by atoms with Gasteiger partial charge in [-0.2, -0.15) is 5.26 Å². The van der Waals surface area contributed by atoms with Crippen molar-refractivity contribution in [1.82, 2.24) is 5.32 Å². The summed E-state index contributed by atoms with van der Waals surface area (Å²) in [5.41, 5.74) is 2.49. The molecule has 0 saturated heterocycles. The number of hydrogen-bond acceptors (Lipinski definition) is 2. The fraction of sp³-hybridized carbons (Fsp3) is 0.500. The Kier molecular flexibility index (Phi) is 3.26. The molecule has 2 heteroatoms. The van der Waals surface area contributed by atoms with Gasteiger partial charge in [0.1, 0.15) is 6.04 Å². The summed E-state index contributed by atoms with van der Waals surface area (Å²) >= 11 is 0. The number of nitriles is 1. The average molecular weight is 214 g/mol. The first-order valence-corrected chi connectivity index (χ1v) is 5.96. The van der Waals surface area contributed by atoms with E-state index in [1.165, 1.54) is 18.4 Å². The van der Waals surface area contributed by atoms with E-state index in [0.29, 0.717) is 6.04 Å². The first-order chi connectivity index (χ1) is 7.70. The molecule has 1 unspecified atom stereocenters. The molecule has 1 atom stereocenters. The highest BCUT2D eigenvalue weighted by Crippen LogP contribution is 2.40. The minimum absolute atomic E-state index is 0.182. The van der Waals surface area contributed by atoms with Crippen molar-refractivity contribution in [1.29, 1.82) is 5.26 Å². The summed E-state index contributed by atoms with van der Waals surface area (Å²) in [6.07, 6.45) is 2.61. The molecule has 0 bridgehead atoms. The van der Waals surface area contributed by atoms with E-state index in [2.05, 4.69) is 43.4 Å². The van der Waals surface area contributed by atoms with Gasteiger partial charge in [-0.05, 0) is 43.7 Å². The van der Waals surface area contributed by atoms with Gasteiger partial charge in [0, 0.05) is 6.04 Å². The van der Waals surface area contributed by atoms with Crippen molar-refractivity contribution in [2.75, 3.05) is 0 Å². The summed E-state index contributed by atoms with van der Waals surface area (Å²) in [4.78, 5) is 0. The molecule has 0 heterocycles. The molecular formula is C14H18N2. The average Bonchev–Trinajstić information content (AvgIpc) is 3.09. The van der Waals surface area contributed by atoms with Gasteiger partial charge in [-0.25, -0.2) is 0 Å². The maximum absolute atomic E-state index is 9.16. The Morgan fingerprint density at radius 1 is 1.38 bits per heavy atom. The molecule has 0 radical (unpaired) electrons. The highest BCUT2D eigenvalue weighted by Gasteiger charge is 2.24. The summed E-state index contributed by atoms with van der Waals surface area (Å²) in [5, 5.41) is 12.4. The maximum atomic E-state index is 9.16. The third-order valence-electron chi connectivity index (χ3n) is 2.92. The van der Waals surface area contributed by atoms with Gasteiger partial charge in [-0.3, -0.25) is 5.32 Å². The molecule has 84 valence electrons. The molecule has 1 N–H and O–H groups in total. The lowest BCUT2D eigenvalue weighted by Crippen LogP contribution is -2.27. The van der Waals surface area contributed by atoms with Gasteiger partial charge in [0.25, 0.3) is 0 Å². The zero-order valence-corrected chi connectivity index (χ0v) is 9.90. The van der Waals surface area contributed by atoms with E-state index in [1.54, 1.807) is 0 Å². The maximum Gasteiger partial charge on any atom is 0.121 e. The molecule has 0 aromatic heterocycles. The fourth-order valence-electron chi connectivity index (χ4n) is 1.95. The van der Waals surface area contributed by atoms with Crippen LogP contribution in [0.4, 0.5) is 0 Å². The second-order valence-electron chi connectivity index (χ2n) is 4.83. The molecule has 2 rings (SSSR count). The third kappa shape index (κ3) is 2.62. The van der Waals surface area contributed by atoms with Crippen LogP contribution in [-0.4, -0.2) is 6.04 Å². The van der Waals surface area contributed by atoms with Crippen LogP contribution in [-0.2, 0) is 0 Å². The van der Waals surface area contributed by atoms with Crippen LogP contribution in [0.1, 0.15) is 49.8 Å². The Bertz CT molecular complexity index is 399. The normalized spacial score (nSPS) is 17.1. The lowest BCUT2D eigenvalue weighted by atomic mass is 10.0. The van der Waals surface area contributed by atoms with E-state index in [4.69, 9.17) is 5.26 Å². The van der Waals surface area contributed by atoms with Gasteiger partial charge in [0.2, 0.25) is 0 Å². The van der Waals surface area contributed by atoms with Crippen LogP contribution in [0.15, 0.2) is 24.3 Å². The topological polar surface area (TPSA) is 35.8 Å². The summed E-state index contributed by atoms with van der Waals surface area (Å²) in [7, 11) is 0. The van der Waals surface area contributed by atoms with E-state index in [9.17, 15) is 0 Å². The molecule has 0 aliphatic heterocycles. The molecule has 16 heavy (non-hydrogen) atoms. The van der Waals surface area contributed by atoms with E-state index in [1.807, 2.05) is 6.07 Å². The van der Waals surface area contributed by atoms with Crippen molar-refractivity contribution in [2.45, 2.75) is 44.7 Å². The molecule has 1 aliphatic carbocycles. The molecule has 1 saturated carbocycles. The van der Waals surface area contributed by atoms with Gasteiger partial charge in [0.15, 0.2) is 0 Å². The van der Waals surface area contributed by atoms with Crippen molar-refractivity contribution < 1.29 is 0 Å². The third-order valence-corrected chi connectivity index (χ3v) is 2.92. The number of rotatable bonds is 4. The molecule has 1 aromatic carbocycles. The Balaban J connectivity index is 2.17. The summed E-state index contributed by atoms with van der Waals surface area (Å²) < 4.78 is 0. The summed E-state index contributed by atoms with van der Waals surface area (Å²) in [6, 6.07) is 10.9. The highest BCUT2D eigenvalue weighted by molar-refractivity contribution is 5.33. The quantitative estimate of drug-likeness (QED) is 0.835. The van der Waals surface area contributed by atoms with Crippen LogP contribution in [0.3, 0.4) is 0 Å². The van der Waals surface area contributed by atoms with Crippen LogP contribution in [0, 0.1) is 11.3 Å². The molecule has 2 nitrogen and oxygen atoms in total. The van der Waals surface area contributed by atoms with Gasteiger partial charge >= 0.3 is 0 Å². The SMILES string of the molecule is CC(C)NC(C#N)c1cccc(C2CC2)c1. The zero-order valence-electron chi connectivity index (χ0n) is 9.90. The van der Waals surface area contributed by atoms with Crippen LogP contribution in [0.2, 0.25) is 0 Å². The highest BCUT2D eigenvalue weighted by atomic mass is 14.9. The largest absolute Gasteiger partial charge is 0.296 e. The van der Waals surface area contributed by atoms with Crippen LogP contribution >= 0.6 is 0 Å². The monoisotopic (exact) mass is 214 g/mol. The summed E-state index contributed by atoms with van der Waals surface area (Å²) in [5.74, 6) is 0.748. The van der Waals surface area contributed by atoms with Gasteiger partial charge in [-0.1, -0.05) is 24.3 Å². The smallest absolute Gasteiger partial charge is 0.121 e. The minimum Gasteiger partial charge on any atom is -0.296 e. The predicted molar refractivity (Wildman–Crippen MR) is 65.0 cm³/mol. The van der Waals surface area contributed by atoms with Gasteiger partial charge in [-0.15, -0.1) is 0 Å². The number of hydrogen-bond donors (Lipinski definition) is 1. The Labute approximate surface area is 97.3 Å².